The van der Waals surface area contributed by atoms with Gasteiger partial charge in [-0.25, -0.2) is 4.98 Å². The minimum absolute atomic E-state index is 0.00761. The Balaban J connectivity index is 2.01. The zero-order valence-corrected chi connectivity index (χ0v) is 12.7. The SMILES string of the molecule is CN(C)c1cc(C(F)(F)F)nc(NCCN2CCOCC2)n1. The van der Waals surface area contributed by atoms with Gasteiger partial charge in [0.15, 0.2) is 5.69 Å². The van der Waals surface area contributed by atoms with E-state index in [1.807, 2.05) is 0 Å². The molecule has 6 nitrogen and oxygen atoms in total. The van der Waals surface area contributed by atoms with Crippen LogP contribution >= 0.6 is 0 Å². The molecule has 1 aromatic heterocycles. The third kappa shape index (κ3) is 4.70. The van der Waals surface area contributed by atoms with E-state index in [4.69, 9.17) is 4.74 Å². The minimum Gasteiger partial charge on any atom is -0.379 e. The minimum atomic E-state index is -4.49. The van der Waals surface area contributed by atoms with Crippen LogP contribution in [0.3, 0.4) is 0 Å². The van der Waals surface area contributed by atoms with Crippen LogP contribution in [0.5, 0.6) is 0 Å². The summed E-state index contributed by atoms with van der Waals surface area (Å²) in [6.07, 6.45) is -4.49. The van der Waals surface area contributed by atoms with Crippen LogP contribution in [-0.2, 0) is 10.9 Å². The first kappa shape index (κ1) is 16.8. The monoisotopic (exact) mass is 319 g/mol. The molecule has 0 saturated carbocycles. The van der Waals surface area contributed by atoms with Gasteiger partial charge in [-0.1, -0.05) is 0 Å². The lowest BCUT2D eigenvalue weighted by molar-refractivity contribution is -0.141. The van der Waals surface area contributed by atoms with Gasteiger partial charge < -0.3 is 15.0 Å². The van der Waals surface area contributed by atoms with Gasteiger partial charge in [-0.2, -0.15) is 18.2 Å². The van der Waals surface area contributed by atoms with Crippen molar-refractivity contribution in [1.82, 2.24) is 14.9 Å². The molecule has 124 valence electrons. The maximum absolute atomic E-state index is 12.9. The van der Waals surface area contributed by atoms with E-state index in [1.54, 1.807) is 14.1 Å². The van der Waals surface area contributed by atoms with Gasteiger partial charge in [0.05, 0.1) is 13.2 Å². The predicted octanol–water partition coefficient (Wildman–Crippen LogP) is 1.31. The van der Waals surface area contributed by atoms with Crippen LogP contribution in [-0.4, -0.2) is 68.4 Å². The Morgan fingerprint density at radius 2 is 1.95 bits per heavy atom. The van der Waals surface area contributed by atoms with Crippen molar-refractivity contribution in [3.8, 4) is 0 Å². The molecule has 0 bridgehead atoms. The lowest BCUT2D eigenvalue weighted by Crippen LogP contribution is -2.39. The van der Waals surface area contributed by atoms with Crippen molar-refractivity contribution in [2.75, 3.05) is 63.7 Å². The molecule has 0 aliphatic carbocycles. The van der Waals surface area contributed by atoms with Crippen LogP contribution < -0.4 is 10.2 Å². The fraction of sp³-hybridized carbons (Fsp3) is 0.692. The van der Waals surface area contributed by atoms with Crippen molar-refractivity contribution in [3.63, 3.8) is 0 Å². The Kier molecular flexibility index (Phi) is 5.41. The molecular weight excluding hydrogens is 299 g/mol. The number of hydrogen-bond acceptors (Lipinski definition) is 6. The number of alkyl halides is 3. The summed E-state index contributed by atoms with van der Waals surface area (Å²) in [5.74, 6) is 0.211. The van der Waals surface area contributed by atoms with E-state index in [2.05, 4.69) is 20.2 Å². The summed E-state index contributed by atoms with van der Waals surface area (Å²) in [4.78, 5) is 11.3. The third-order valence-corrected chi connectivity index (χ3v) is 3.28. The standard InChI is InChI=1S/C13H20F3N5O/c1-20(2)11-9-10(13(14,15)16)18-12(19-11)17-3-4-21-5-7-22-8-6-21/h9H,3-8H2,1-2H3,(H,17,18,19). The Labute approximate surface area is 127 Å². The molecule has 1 aromatic rings. The number of aromatic nitrogens is 2. The molecule has 2 heterocycles. The summed E-state index contributed by atoms with van der Waals surface area (Å²) in [6, 6.07) is 0.938. The quantitative estimate of drug-likeness (QED) is 0.883. The molecule has 0 spiro atoms. The highest BCUT2D eigenvalue weighted by Gasteiger charge is 2.34. The Bertz CT molecular complexity index is 489. The van der Waals surface area contributed by atoms with Gasteiger partial charge in [-0.15, -0.1) is 0 Å². The lowest BCUT2D eigenvalue weighted by Gasteiger charge is -2.26. The molecule has 1 aliphatic rings. The van der Waals surface area contributed by atoms with Crippen LogP contribution in [0.15, 0.2) is 6.07 Å². The summed E-state index contributed by atoms with van der Waals surface area (Å²) in [7, 11) is 3.28. The van der Waals surface area contributed by atoms with Crippen molar-refractivity contribution in [1.29, 1.82) is 0 Å². The van der Waals surface area contributed by atoms with E-state index < -0.39 is 11.9 Å². The van der Waals surface area contributed by atoms with Crippen LogP contribution in [0.25, 0.3) is 0 Å². The summed E-state index contributed by atoms with van der Waals surface area (Å²) in [6.45, 7) is 4.21. The molecule has 1 N–H and O–H groups in total. The molecule has 9 heteroatoms. The van der Waals surface area contributed by atoms with E-state index >= 15 is 0 Å². The van der Waals surface area contributed by atoms with Crippen LogP contribution in [0.4, 0.5) is 24.9 Å². The maximum Gasteiger partial charge on any atom is 0.433 e. The van der Waals surface area contributed by atoms with Crippen molar-refractivity contribution in [2.24, 2.45) is 0 Å². The molecule has 1 aliphatic heterocycles. The highest BCUT2D eigenvalue weighted by molar-refractivity contribution is 5.44. The summed E-state index contributed by atoms with van der Waals surface area (Å²) in [5.41, 5.74) is -0.944. The van der Waals surface area contributed by atoms with Gasteiger partial charge in [0, 0.05) is 46.3 Å². The Morgan fingerprint density at radius 1 is 1.27 bits per heavy atom. The molecular formula is C13H20F3N5O. The van der Waals surface area contributed by atoms with Gasteiger partial charge >= 0.3 is 6.18 Å². The molecule has 0 amide bonds. The van der Waals surface area contributed by atoms with E-state index in [9.17, 15) is 13.2 Å². The number of rotatable bonds is 5. The van der Waals surface area contributed by atoms with Gasteiger partial charge in [0.25, 0.3) is 0 Å². The van der Waals surface area contributed by atoms with Gasteiger partial charge in [-0.05, 0) is 0 Å². The van der Waals surface area contributed by atoms with Gasteiger partial charge in [0.1, 0.15) is 5.82 Å². The van der Waals surface area contributed by atoms with Crippen molar-refractivity contribution >= 4 is 11.8 Å². The van der Waals surface area contributed by atoms with E-state index in [-0.39, 0.29) is 11.8 Å². The van der Waals surface area contributed by atoms with E-state index in [0.29, 0.717) is 26.3 Å². The lowest BCUT2D eigenvalue weighted by atomic mass is 10.3. The number of ether oxygens (including phenoxy) is 1. The molecule has 22 heavy (non-hydrogen) atoms. The molecule has 1 fully saturated rings. The summed E-state index contributed by atoms with van der Waals surface area (Å²) in [5, 5.41) is 2.87. The number of nitrogens with zero attached hydrogens (tertiary/aromatic N) is 4. The smallest absolute Gasteiger partial charge is 0.379 e. The highest BCUT2D eigenvalue weighted by atomic mass is 19.4. The van der Waals surface area contributed by atoms with E-state index in [0.717, 1.165) is 19.2 Å². The number of hydrogen-bond donors (Lipinski definition) is 1. The van der Waals surface area contributed by atoms with Gasteiger partial charge in [0.2, 0.25) is 5.95 Å². The third-order valence-electron chi connectivity index (χ3n) is 3.28. The second-order valence-electron chi connectivity index (χ2n) is 5.21. The van der Waals surface area contributed by atoms with E-state index in [1.165, 1.54) is 4.90 Å². The van der Waals surface area contributed by atoms with Crippen LogP contribution in [0, 0.1) is 0 Å². The topological polar surface area (TPSA) is 53.5 Å². The van der Waals surface area contributed by atoms with Crippen molar-refractivity contribution in [3.05, 3.63) is 11.8 Å². The van der Waals surface area contributed by atoms with Crippen LogP contribution in [0.2, 0.25) is 0 Å². The number of halogens is 3. The zero-order valence-electron chi connectivity index (χ0n) is 12.7. The molecule has 2 rings (SSSR count). The Morgan fingerprint density at radius 3 is 2.55 bits per heavy atom. The highest BCUT2D eigenvalue weighted by Crippen LogP contribution is 2.30. The molecule has 0 atom stereocenters. The predicted molar refractivity (Wildman–Crippen MR) is 77.1 cm³/mol. The second-order valence-corrected chi connectivity index (χ2v) is 5.21. The Hall–Kier alpha value is -1.61. The molecule has 1 saturated heterocycles. The zero-order chi connectivity index (χ0) is 16.2. The first-order chi connectivity index (χ1) is 10.4. The largest absolute Gasteiger partial charge is 0.433 e. The first-order valence-corrected chi connectivity index (χ1v) is 7.04. The maximum atomic E-state index is 12.9. The molecule has 0 unspecified atom stereocenters. The molecule has 0 radical (unpaired) electrons. The fourth-order valence-electron chi connectivity index (χ4n) is 2.04. The van der Waals surface area contributed by atoms with Crippen molar-refractivity contribution < 1.29 is 17.9 Å². The normalized spacial score (nSPS) is 16.6. The number of morpholine rings is 1. The second kappa shape index (κ2) is 7.10. The number of nitrogens with one attached hydrogen (secondary N) is 1. The van der Waals surface area contributed by atoms with Gasteiger partial charge in [-0.3, -0.25) is 4.90 Å². The van der Waals surface area contributed by atoms with Crippen molar-refractivity contribution in [2.45, 2.75) is 6.18 Å². The van der Waals surface area contributed by atoms with Crippen LogP contribution in [0.1, 0.15) is 5.69 Å². The first-order valence-electron chi connectivity index (χ1n) is 7.04. The average Bonchev–Trinajstić information content (AvgIpc) is 2.47. The fourth-order valence-corrected chi connectivity index (χ4v) is 2.04. The summed E-state index contributed by atoms with van der Waals surface area (Å²) < 4.78 is 43.8. The summed E-state index contributed by atoms with van der Waals surface area (Å²) >= 11 is 0. The molecule has 0 aromatic carbocycles. The average molecular weight is 319 g/mol. The number of anilines is 2.